The van der Waals surface area contributed by atoms with Crippen LogP contribution in [0.2, 0.25) is 0 Å². The van der Waals surface area contributed by atoms with Crippen LogP contribution in [0.3, 0.4) is 0 Å². The number of carbonyl (C=O) groups is 1. The number of ether oxygens (including phenoxy) is 1. The van der Waals surface area contributed by atoms with E-state index in [0.717, 1.165) is 19.3 Å². The minimum atomic E-state index is -1.22. The van der Waals surface area contributed by atoms with Gasteiger partial charge in [-0.2, -0.15) is 0 Å². The third kappa shape index (κ3) is 1.79. The maximum Gasteiger partial charge on any atom is 0.338 e. The lowest BCUT2D eigenvalue weighted by atomic mass is 9.78. The van der Waals surface area contributed by atoms with Gasteiger partial charge < -0.3 is 9.84 Å². The van der Waals surface area contributed by atoms with Crippen LogP contribution in [0.15, 0.2) is 0 Å². The molecule has 3 nitrogen and oxygen atoms in total. The molecule has 1 N–H and O–H groups in total. The number of alkyl halides is 1. The number of esters is 1. The summed E-state index contributed by atoms with van der Waals surface area (Å²) in [4.78, 5) is 11.7. The van der Waals surface area contributed by atoms with E-state index in [2.05, 4.69) is 22.6 Å². The number of carbonyl (C=O) groups excluding carboxylic acids is 1. The fraction of sp³-hybridized carbons (Fsp3) is 0.909. The van der Waals surface area contributed by atoms with Crippen LogP contribution in [0.25, 0.3) is 0 Å². The lowest BCUT2D eigenvalue weighted by Gasteiger charge is -2.36. The SMILES string of the molecule is CC[C@@]1(O)C[C@]2(CCCC[C@@H]2I)OC1=O. The quantitative estimate of drug-likeness (QED) is 0.457. The maximum atomic E-state index is 11.7. The van der Waals surface area contributed by atoms with Crippen molar-refractivity contribution in [3.63, 3.8) is 0 Å². The van der Waals surface area contributed by atoms with Crippen LogP contribution in [0, 0.1) is 0 Å². The Bertz CT molecular complexity index is 281. The van der Waals surface area contributed by atoms with E-state index in [1.807, 2.05) is 6.92 Å². The van der Waals surface area contributed by atoms with E-state index in [4.69, 9.17) is 4.74 Å². The summed E-state index contributed by atoms with van der Waals surface area (Å²) in [6.07, 6.45) is 5.26. The first-order valence-electron chi connectivity index (χ1n) is 5.62. The molecule has 1 spiro atoms. The standard InChI is InChI=1S/C11H17IO3/c1-2-10(14)7-11(15-9(10)13)6-4-3-5-8(11)12/h8,14H,2-7H2,1H3/t8-,10+,11-/m0/s1. The summed E-state index contributed by atoms with van der Waals surface area (Å²) in [5.41, 5.74) is -1.60. The molecule has 1 aliphatic carbocycles. The molecule has 1 saturated heterocycles. The molecule has 4 heteroatoms. The van der Waals surface area contributed by atoms with Gasteiger partial charge in [-0.25, -0.2) is 4.79 Å². The van der Waals surface area contributed by atoms with E-state index in [9.17, 15) is 9.90 Å². The summed E-state index contributed by atoms with van der Waals surface area (Å²) in [7, 11) is 0. The van der Waals surface area contributed by atoms with Crippen molar-refractivity contribution in [3.8, 4) is 0 Å². The summed E-state index contributed by atoms with van der Waals surface area (Å²) in [5, 5.41) is 10.1. The van der Waals surface area contributed by atoms with Crippen LogP contribution >= 0.6 is 22.6 Å². The number of hydrogen-bond acceptors (Lipinski definition) is 3. The largest absolute Gasteiger partial charge is 0.456 e. The predicted molar refractivity (Wildman–Crippen MR) is 65.0 cm³/mol. The lowest BCUT2D eigenvalue weighted by molar-refractivity contribution is -0.160. The Morgan fingerprint density at radius 1 is 1.60 bits per heavy atom. The van der Waals surface area contributed by atoms with E-state index in [1.54, 1.807) is 0 Å². The second-order valence-corrected chi connectivity index (χ2v) is 6.23. The van der Waals surface area contributed by atoms with Gasteiger partial charge in [-0.05, 0) is 25.7 Å². The molecule has 2 fully saturated rings. The minimum Gasteiger partial charge on any atom is -0.456 e. The average Bonchev–Trinajstić information content (AvgIpc) is 2.46. The van der Waals surface area contributed by atoms with Crippen molar-refractivity contribution in [2.45, 2.75) is 60.6 Å². The number of aliphatic hydroxyl groups is 1. The van der Waals surface area contributed by atoms with Crippen molar-refractivity contribution >= 4 is 28.6 Å². The number of rotatable bonds is 1. The molecule has 0 aromatic carbocycles. The van der Waals surface area contributed by atoms with E-state index in [-0.39, 0.29) is 5.60 Å². The maximum absolute atomic E-state index is 11.7. The van der Waals surface area contributed by atoms with Crippen LogP contribution in [-0.4, -0.2) is 26.2 Å². The Morgan fingerprint density at radius 3 is 2.87 bits per heavy atom. The summed E-state index contributed by atoms with van der Waals surface area (Å²) in [6.45, 7) is 1.84. The van der Waals surface area contributed by atoms with Crippen LogP contribution in [0.4, 0.5) is 0 Å². The Morgan fingerprint density at radius 2 is 2.33 bits per heavy atom. The topological polar surface area (TPSA) is 46.5 Å². The summed E-state index contributed by atoms with van der Waals surface area (Å²) < 4.78 is 5.87. The fourth-order valence-corrected chi connectivity index (χ4v) is 3.73. The molecule has 2 rings (SSSR count). The molecule has 0 radical (unpaired) electrons. The molecular weight excluding hydrogens is 307 g/mol. The smallest absolute Gasteiger partial charge is 0.338 e. The monoisotopic (exact) mass is 324 g/mol. The van der Waals surface area contributed by atoms with Crippen molar-refractivity contribution in [2.75, 3.05) is 0 Å². The van der Waals surface area contributed by atoms with E-state index in [0.29, 0.717) is 16.8 Å². The van der Waals surface area contributed by atoms with Crippen LogP contribution in [0.1, 0.15) is 45.4 Å². The third-order valence-electron chi connectivity index (χ3n) is 3.73. The lowest BCUT2D eigenvalue weighted by Crippen LogP contribution is -2.42. The molecule has 0 bridgehead atoms. The first kappa shape index (κ1) is 11.6. The zero-order chi connectivity index (χ0) is 11.1. The first-order valence-corrected chi connectivity index (χ1v) is 6.87. The van der Waals surface area contributed by atoms with Gasteiger partial charge in [0.1, 0.15) is 5.60 Å². The van der Waals surface area contributed by atoms with Gasteiger partial charge in [-0.15, -0.1) is 0 Å². The molecule has 0 unspecified atom stereocenters. The third-order valence-corrected chi connectivity index (χ3v) is 5.49. The van der Waals surface area contributed by atoms with Crippen LogP contribution in [0.5, 0.6) is 0 Å². The molecule has 2 aliphatic rings. The molecule has 0 aromatic heterocycles. The van der Waals surface area contributed by atoms with Gasteiger partial charge in [-0.3, -0.25) is 0 Å². The van der Waals surface area contributed by atoms with Gasteiger partial charge >= 0.3 is 5.97 Å². The van der Waals surface area contributed by atoms with Crippen LogP contribution < -0.4 is 0 Å². The van der Waals surface area contributed by atoms with Gasteiger partial charge in [0.15, 0.2) is 5.60 Å². The molecular formula is C11H17IO3. The molecule has 3 atom stereocenters. The average molecular weight is 324 g/mol. The molecule has 1 aliphatic heterocycles. The van der Waals surface area contributed by atoms with Gasteiger partial charge in [0.25, 0.3) is 0 Å². The zero-order valence-electron chi connectivity index (χ0n) is 8.96. The molecule has 1 saturated carbocycles. The molecule has 15 heavy (non-hydrogen) atoms. The summed E-state index contributed by atoms with van der Waals surface area (Å²) >= 11 is 2.37. The highest BCUT2D eigenvalue weighted by Crippen LogP contribution is 2.47. The second-order valence-electron chi connectivity index (χ2n) is 4.73. The van der Waals surface area contributed by atoms with Gasteiger partial charge in [0.05, 0.1) is 3.92 Å². The Labute approximate surface area is 104 Å². The highest BCUT2D eigenvalue weighted by Gasteiger charge is 2.58. The van der Waals surface area contributed by atoms with Crippen molar-refractivity contribution in [1.82, 2.24) is 0 Å². The van der Waals surface area contributed by atoms with Crippen molar-refractivity contribution in [2.24, 2.45) is 0 Å². The van der Waals surface area contributed by atoms with Crippen LogP contribution in [-0.2, 0) is 9.53 Å². The summed E-state index contributed by atoms with van der Waals surface area (Å²) in [6, 6.07) is 0. The van der Waals surface area contributed by atoms with E-state index in [1.165, 1.54) is 6.42 Å². The molecule has 86 valence electrons. The summed E-state index contributed by atoms with van der Waals surface area (Å²) in [5.74, 6) is -0.409. The first-order chi connectivity index (χ1) is 7.02. The van der Waals surface area contributed by atoms with Crippen molar-refractivity contribution in [3.05, 3.63) is 0 Å². The van der Waals surface area contributed by atoms with Gasteiger partial charge in [0.2, 0.25) is 0 Å². The van der Waals surface area contributed by atoms with Crippen molar-refractivity contribution in [1.29, 1.82) is 0 Å². The Kier molecular flexibility index (Phi) is 3.01. The molecule has 0 amide bonds. The van der Waals surface area contributed by atoms with Gasteiger partial charge in [-0.1, -0.05) is 35.9 Å². The minimum absolute atomic E-state index is 0.355. The number of hydrogen-bond donors (Lipinski definition) is 1. The predicted octanol–water partition coefficient (Wildman–Crippen LogP) is 2.19. The van der Waals surface area contributed by atoms with Gasteiger partial charge in [0, 0.05) is 6.42 Å². The number of halogens is 1. The van der Waals surface area contributed by atoms with E-state index >= 15 is 0 Å². The molecule has 1 heterocycles. The Hall–Kier alpha value is 0.160. The molecule has 0 aromatic rings. The van der Waals surface area contributed by atoms with Crippen molar-refractivity contribution < 1.29 is 14.6 Å². The fourth-order valence-electron chi connectivity index (χ4n) is 2.63. The van der Waals surface area contributed by atoms with E-state index < -0.39 is 11.6 Å². The normalized spacial score (nSPS) is 45.8. The highest BCUT2D eigenvalue weighted by atomic mass is 127. The highest BCUT2D eigenvalue weighted by molar-refractivity contribution is 14.1. The Balaban J connectivity index is 2.22. The second kappa shape index (κ2) is 3.87. The zero-order valence-corrected chi connectivity index (χ0v) is 11.1.